The van der Waals surface area contributed by atoms with Crippen LogP contribution in [0.5, 0.6) is 0 Å². The Morgan fingerprint density at radius 3 is 2.26 bits per heavy atom. The molecule has 34 heavy (non-hydrogen) atoms. The predicted octanol–water partition coefficient (Wildman–Crippen LogP) is 5.35. The molecular weight excluding hydrogens is 488 g/mol. The second-order valence-corrected chi connectivity index (χ2v) is 10.4. The first-order valence-corrected chi connectivity index (χ1v) is 12.4. The van der Waals surface area contributed by atoms with E-state index in [1.807, 2.05) is 0 Å². The summed E-state index contributed by atoms with van der Waals surface area (Å²) in [5, 5.41) is 0.542. The van der Waals surface area contributed by atoms with Crippen LogP contribution in [-0.2, 0) is 18.7 Å². The predicted molar refractivity (Wildman–Crippen MR) is 122 cm³/mol. The summed E-state index contributed by atoms with van der Waals surface area (Å²) in [4.78, 5) is 15.0. The maximum absolute atomic E-state index is 14.3. The molecule has 7 nitrogen and oxygen atoms in total. The molecule has 11 heteroatoms. The van der Waals surface area contributed by atoms with E-state index in [-0.39, 0.29) is 10.3 Å². The molecule has 0 radical (unpaired) electrons. The van der Waals surface area contributed by atoms with Gasteiger partial charge in [0.05, 0.1) is 49.8 Å². The summed E-state index contributed by atoms with van der Waals surface area (Å²) in [7, 11) is 1.26. The normalized spacial score (nSPS) is 27.7. The second kappa shape index (κ2) is 10.2. The van der Waals surface area contributed by atoms with Crippen molar-refractivity contribution < 1.29 is 27.5 Å². The number of hydrogen-bond acceptors (Lipinski definition) is 8. The van der Waals surface area contributed by atoms with Gasteiger partial charge in [-0.05, 0) is 49.7 Å². The first kappa shape index (κ1) is 24.1. The van der Waals surface area contributed by atoms with Crippen molar-refractivity contribution in [3.05, 3.63) is 46.7 Å². The average Bonchev–Trinajstić information content (AvgIpc) is 2.83. The minimum Gasteiger partial charge on any atom is -0.348 e. The summed E-state index contributed by atoms with van der Waals surface area (Å²) in [5.41, 5.74) is 0.316. The van der Waals surface area contributed by atoms with Crippen molar-refractivity contribution in [2.24, 2.45) is 17.3 Å². The number of nitrogens with zero attached hydrogens (tertiary/aromatic N) is 3. The lowest BCUT2D eigenvalue weighted by Crippen LogP contribution is -2.51. The molecule has 1 aromatic heterocycles. The smallest absolute Gasteiger partial charge is 0.225 e. The van der Waals surface area contributed by atoms with Crippen LogP contribution < -0.4 is 4.90 Å². The van der Waals surface area contributed by atoms with Gasteiger partial charge in [-0.25, -0.2) is 23.6 Å². The van der Waals surface area contributed by atoms with Crippen molar-refractivity contribution in [3.63, 3.8) is 0 Å². The van der Waals surface area contributed by atoms with Gasteiger partial charge in [-0.3, -0.25) is 0 Å². The maximum Gasteiger partial charge on any atom is 0.225 e. The maximum atomic E-state index is 14.3. The Balaban J connectivity index is 1.10. The molecule has 0 unspecified atom stereocenters. The van der Waals surface area contributed by atoms with Gasteiger partial charge in [0.1, 0.15) is 16.5 Å². The number of benzene rings is 1. The molecule has 2 aromatic rings. The van der Waals surface area contributed by atoms with Crippen LogP contribution in [0.2, 0.25) is 5.02 Å². The highest BCUT2D eigenvalue weighted by molar-refractivity contribution is 7.94. The zero-order valence-electron chi connectivity index (χ0n) is 18.7. The van der Waals surface area contributed by atoms with Crippen molar-refractivity contribution >= 4 is 29.6 Å². The van der Waals surface area contributed by atoms with Gasteiger partial charge in [0.15, 0.2) is 6.29 Å². The van der Waals surface area contributed by atoms with Crippen molar-refractivity contribution in [2.75, 3.05) is 38.3 Å². The summed E-state index contributed by atoms with van der Waals surface area (Å²) in [6.07, 6.45) is 6.79. The van der Waals surface area contributed by atoms with E-state index in [2.05, 4.69) is 24.1 Å². The van der Waals surface area contributed by atoms with E-state index in [4.69, 9.17) is 21.1 Å². The van der Waals surface area contributed by atoms with E-state index in [1.165, 1.54) is 19.2 Å². The van der Waals surface area contributed by atoms with Gasteiger partial charge in [0.2, 0.25) is 5.95 Å². The molecule has 0 atom stereocenters. The molecule has 1 aliphatic carbocycles. The molecule has 2 saturated heterocycles. The number of hydrogen-bond donors (Lipinski definition) is 0. The molecule has 3 aliphatic rings. The Labute approximate surface area is 206 Å². The van der Waals surface area contributed by atoms with Gasteiger partial charge >= 0.3 is 0 Å². The molecule has 2 aliphatic heterocycles. The number of ether oxygens (including phenoxy) is 2. The lowest BCUT2D eigenvalue weighted by atomic mass is 9.57. The summed E-state index contributed by atoms with van der Waals surface area (Å²) in [6.45, 7) is 2.92. The van der Waals surface area contributed by atoms with Crippen molar-refractivity contribution in [2.45, 2.75) is 36.9 Å². The highest BCUT2D eigenvalue weighted by Gasteiger charge is 2.50. The summed E-state index contributed by atoms with van der Waals surface area (Å²) >= 11 is 6.37. The molecule has 184 valence electrons. The molecule has 3 heterocycles. The first-order valence-electron chi connectivity index (χ1n) is 11.3. The molecule has 1 aromatic carbocycles. The summed E-state index contributed by atoms with van der Waals surface area (Å²) in [6, 6.07) is 2.43. The zero-order valence-corrected chi connectivity index (χ0v) is 20.3. The molecule has 3 fully saturated rings. The van der Waals surface area contributed by atoms with Crippen LogP contribution in [0, 0.1) is 28.9 Å². The molecule has 1 spiro atoms. The first-order chi connectivity index (χ1) is 16.5. The quantitative estimate of drug-likeness (QED) is 0.291. The topological polar surface area (TPSA) is 65.9 Å². The Morgan fingerprint density at radius 1 is 1.06 bits per heavy atom. The SMILES string of the molecule is COOSc1c(F)cc(C2OCC3(CO2)CC(C2CCN(c4ncc(Cl)cn4)CC2)C3)cc1F. The Hall–Kier alpha value is -1.56. The molecule has 0 N–H and O–H groups in total. The number of aromatic nitrogens is 2. The zero-order chi connectivity index (χ0) is 23.7. The minimum absolute atomic E-state index is 0.00320. The molecule has 0 bridgehead atoms. The fraction of sp³-hybridized carbons (Fsp3) is 0.565. The largest absolute Gasteiger partial charge is 0.348 e. The Morgan fingerprint density at radius 2 is 1.68 bits per heavy atom. The van der Waals surface area contributed by atoms with E-state index >= 15 is 0 Å². The van der Waals surface area contributed by atoms with Gasteiger partial charge in [-0.1, -0.05) is 11.6 Å². The number of piperidine rings is 1. The third-order valence-corrected chi connectivity index (χ3v) is 8.00. The fourth-order valence-corrected chi connectivity index (χ4v) is 5.82. The second-order valence-electron chi connectivity index (χ2n) is 9.28. The van der Waals surface area contributed by atoms with Gasteiger partial charge in [-0.2, -0.15) is 4.33 Å². The van der Waals surface area contributed by atoms with Crippen LogP contribution in [0.3, 0.4) is 0 Å². The molecule has 5 rings (SSSR count). The monoisotopic (exact) mass is 513 g/mol. The highest BCUT2D eigenvalue weighted by Crippen LogP contribution is 2.54. The van der Waals surface area contributed by atoms with Crippen LogP contribution in [0.15, 0.2) is 29.4 Å². The fourth-order valence-electron chi connectivity index (χ4n) is 5.31. The van der Waals surface area contributed by atoms with Crippen LogP contribution in [0.25, 0.3) is 0 Å². The third kappa shape index (κ3) is 5.03. The lowest BCUT2D eigenvalue weighted by molar-refractivity contribution is -0.262. The van der Waals surface area contributed by atoms with E-state index < -0.39 is 17.9 Å². The highest BCUT2D eigenvalue weighted by atomic mass is 35.5. The van der Waals surface area contributed by atoms with Crippen LogP contribution in [0.4, 0.5) is 14.7 Å². The van der Waals surface area contributed by atoms with Crippen LogP contribution in [0.1, 0.15) is 37.5 Å². The lowest BCUT2D eigenvalue weighted by Gasteiger charge is -2.54. The van der Waals surface area contributed by atoms with E-state index in [0.717, 1.165) is 44.7 Å². The van der Waals surface area contributed by atoms with Crippen LogP contribution >= 0.6 is 23.6 Å². The van der Waals surface area contributed by atoms with Crippen molar-refractivity contribution in [1.29, 1.82) is 0 Å². The Bertz CT molecular complexity index is 971. The van der Waals surface area contributed by atoms with E-state index in [9.17, 15) is 8.78 Å². The van der Waals surface area contributed by atoms with Gasteiger partial charge in [0.25, 0.3) is 0 Å². The van der Waals surface area contributed by atoms with Gasteiger partial charge in [0, 0.05) is 24.1 Å². The average molecular weight is 514 g/mol. The van der Waals surface area contributed by atoms with Crippen molar-refractivity contribution in [1.82, 2.24) is 9.97 Å². The van der Waals surface area contributed by atoms with Crippen LogP contribution in [-0.4, -0.2) is 43.4 Å². The number of rotatable bonds is 6. The minimum atomic E-state index is -0.779. The summed E-state index contributed by atoms with van der Waals surface area (Å²) < 4.78 is 45.0. The van der Waals surface area contributed by atoms with Gasteiger partial charge in [-0.15, -0.1) is 0 Å². The Kier molecular flexibility index (Phi) is 7.25. The number of anilines is 1. The molecule has 1 saturated carbocycles. The van der Waals surface area contributed by atoms with E-state index in [1.54, 1.807) is 12.4 Å². The molecular formula is C23H26ClF2N3O4S. The van der Waals surface area contributed by atoms with Crippen molar-refractivity contribution in [3.8, 4) is 0 Å². The standard InChI is InChI=1S/C23H26ClF2N3O4S/c1-30-33-34-20-18(25)6-15(7-19(20)26)21-31-12-23(13-32-21)8-16(9-23)14-2-4-29(5-3-14)22-27-10-17(24)11-28-22/h6-7,10-11,14,16,21H,2-5,8-9,12-13H2,1H3. The third-order valence-electron chi connectivity index (χ3n) is 7.05. The molecule has 0 amide bonds. The summed E-state index contributed by atoms with van der Waals surface area (Å²) in [5.74, 6) is 0.546. The van der Waals surface area contributed by atoms with E-state index in [0.29, 0.717) is 47.7 Å². The van der Waals surface area contributed by atoms with Gasteiger partial charge < -0.3 is 14.4 Å². The number of halogens is 3.